The van der Waals surface area contributed by atoms with E-state index in [-0.39, 0.29) is 0 Å². The van der Waals surface area contributed by atoms with Crippen molar-refractivity contribution in [1.82, 2.24) is 4.72 Å². The average molecular weight is 378 g/mol. The minimum Gasteiger partial charge on any atom is -0.493 e. The minimum atomic E-state index is 0.792. The normalized spacial score (nSPS) is 14.0. The molecule has 1 fully saturated rings. The van der Waals surface area contributed by atoms with Gasteiger partial charge in [0, 0.05) is 16.8 Å². The molecule has 3 rings (SSSR count). The van der Waals surface area contributed by atoms with Gasteiger partial charge in [-0.3, -0.25) is 4.72 Å². The van der Waals surface area contributed by atoms with Gasteiger partial charge in [-0.25, -0.2) is 0 Å². The van der Waals surface area contributed by atoms with Crippen LogP contribution in [-0.2, 0) is 11.9 Å². The molecule has 0 saturated heterocycles. The first-order chi connectivity index (χ1) is 10.8. The Hall–Kier alpha value is -0.970. The molecule has 4 heteroatoms. The minimum absolute atomic E-state index is 0.792. The molecule has 2 aromatic rings. The van der Waals surface area contributed by atoms with Gasteiger partial charge in [0.15, 0.2) is 0 Å². The van der Waals surface area contributed by atoms with Gasteiger partial charge in [-0.15, -0.1) is 0 Å². The number of benzene rings is 2. The Labute approximate surface area is 144 Å². The van der Waals surface area contributed by atoms with Crippen LogP contribution < -0.4 is 9.46 Å². The molecule has 116 valence electrons. The number of hydrogen-bond donors (Lipinski definition) is 1. The van der Waals surface area contributed by atoms with Crippen LogP contribution in [0.1, 0.15) is 24.0 Å². The summed E-state index contributed by atoms with van der Waals surface area (Å²) in [4.78, 5) is 1.23. The molecule has 1 aliphatic carbocycles. The first kappa shape index (κ1) is 15.9. The van der Waals surface area contributed by atoms with Crippen LogP contribution in [0.25, 0.3) is 0 Å². The quantitative estimate of drug-likeness (QED) is 0.506. The molecule has 0 amide bonds. The largest absolute Gasteiger partial charge is 0.493 e. The van der Waals surface area contributed by atoms with E-state index >= 15 is 0 Å². The maximum Gasteiger partial charge on any atom is 0.119 e. The summed E-state index contributed by atoms with van der Waals surface area (Å²) >= 11 is 5.13. The molecule has 0 radical (unpaired) electrons. The van der Waals surface area contributed by atoms with Crippen molar-refractivity contribution >= 4 is 27.9 Å². The topological polar surface area (TPSA) is 21.3 Å². The predicted octanol–water partition coefficient (Wildman–Crippen LogP) is 5.17. The Balaban J connectivity index is 1.46. The summed E-state index contributed by atoms with van der Waals surface area (Å²) in [6.07, 6.45) is 2.65. The lowest BCUT2D eigenvalue weighted by atomic mass is 10.2. The van der Waals surface area contributed by atoms with Gasteiger partial charge in [-0.2, -0.15) is 0 Å². The monoisotopic (exact) mass is 377 g/mol. The van der Waals surface area contributed by atoms with Crippen LogP contribution in [0, 0.1) is 5.92 Å². The predicted molar refractivity (Wildman–Crippen MR) is 96.4 cm³/mol. The van der Waals surface area contributed by atoms with Gasteiger partial charge in [-0.05, 0) is 66.1 Å². The Morgan fingerprint density at radius 1 is 1.09 bits per heavy atom. The number of halogens is 1. The fourth-order valence-electron chi connectivity index (χ4n) is 2.09. The Morgan fingerprint density at radius 2 is 1.91 bits per heavy atom. The van der Waals surface area contributed by atoms with Crippen molar-refractivity contribution in [3.8, 4) is 5.75 Å². The van der Waals surface area contributed by atoms with Crippen LogP contribution in [0.4, 0.5) is 0 Å². The van der Waals surface area contributed by atoms with E-state index in [2.05, 4.69) is 63.1 Å². The van der Waals surface area contributed by atoms with Crippen LogP contribution in [0.3, 0.4) is 0 Å². The summed E-state index contributed by atoms with van der Waals surface area (Å²) in [6.45, 7) is 1.69. The summed E-state index contributed by atoms with van der Waals surface area (Å²) in [7, 11) is 0. The average Bonchev–Trinajstić information content (AvgIpc) is 3.38. The summed E-state index contributed by atoms with van der Waals surface area (Å²) in [5, 5.41) is 0.902. The molecule has 22 heavy (non-hydrogen) atoms. The SMILES string of the molecule is BrCc1ccc(SNCc2cccc(OCC3CC3)c2)cc1. The molecule has 0 unspecified atom stereocenters. The van der Waals surface area contributed by atoms with Crippen LogP contribution >= 0.6 is 27.9 Å². The van der Waals surface area contributed by atoms with E-state index in [4.69, 9.17) is 4.74 Å². The molecule has 0 spiro atoms. The fraction of sp³-hybridized carbons (Fsp3) is 0.333. The van der Waals surface area contributed by atoms with Crippen molar-refractivity contribution in [3.05, 3.63) is 59.7 Å². The summed E-state index contributed by atoms with van der Waals surface area (Å²) in [5.74, 6) is 1.78. The van der Waals surface area contributed by atoms with Crippen molar-refractivity contribution in [2.24, 2.45) is 5.92 Å². The number of alkyl halides is 1. The summed E-state index contributed by atoms with van der Waals surface area (Å²) in [5.41, 5.74) is 2.54. The molecule has 2 aromatic carbocycles. The highest BCUT2D eigenvalue weighted by Gasteiger charge is 2.21. The molecular formula is C18H20BrNOS. The first-order valence-corrected chi connectivity index (χ1v) is 9.53. The zero-order valence-electron chi connectivity index (χ0n) is 12.4. The van der Waals surface area contributed by atoms with Gasteiger partial charge in [0.2, 0.25) is 0 Å². The number of ether oxygens (including phenoxy) is 1. The third-order valence-electron chi connectivity index (χ3n) is 3.63. The highest BCUT2D eigenvalue weighted by atomic mass is 79.9. The third kappa shape index (κ3) is 5.04. The van der Waals surface area contributed by atoms with Crippen LogP contribution in [0.15, 0.2) is 53.4 Å². The van der Waals surface area contributed by atoms with E-state index in [9.17, 15) is 0 Å². The summed E-state index contributed by atoms with van der Waals surface area (Å²) < 4.78 is 9.23. The van der Waals surface area contributed by atoms with Crippen molar-refractivity contribution in [2.75, 3.05) is 6.61 Å². The second-order valence-electron chi connectivity index (χ2n) is 5.60. The molecule has 0 bridgehead atoms. The molecule has 1 aliphatic rings. The smallest absolute Gasteiger partial charge is 0.119 e. The van der Waals surface area contributed by atoms with Gasteiger partial charge in [-0.1, -0.05) is 40.2 Å². The van der Waals surface area contributed by atoms with Crippen molar-refractivity contribution in [1.29, 1.82) is 0 Å². The molecule has 1 N–H and O–H groups in total. The molecule has 0 atom stereocenters. The van der Waals surface area contributed by atoms with Crippen molar-refractivity contribution in [2.45, 2.75) is 29.6 Å². The number of nitrogens with one attached hydrogen (secondary N) is 1. The van der Waals surface area contributed by atoms with E-state index < -0.39 is 0 Å². The van der Waals surface area contributed by atoms with Gasteiger partial charge < -0.3 is 4.74 Å². The van der Waals surface area contributed by atoms with Crippen LogP contribution in [0.2, 0.25) is 0 Å². The van der Waals surface area contributed by atoms with E-state index in [1.807, 2.05) is 6.07 Å². The van der Waals surface area contributed by atoms with E-state index in [0.29, 0.717) is 0 Å². The standard InChI is InChI=1S/C18H20BrNOS/c19-11-14-6-8-18(9-7-14)22-20-12-16-2-1-3-17(10-16)21-13-15-4-5-15/h1-3,6-10,15,20H,4-5,11-13H2. The van der Waals surface area contributed by atoms with E-state index in [0.717, 1.165) is 30.1 Å². The van der Waals surface area contributed by atoms with Crippen LogP contribution in [-0.4, -0.2) is 6.61 Å². The molecule has 0 heterocycles. The number of hydrogen-bond acceptors (Lipinski definition) is 3. The molecule has 0 aromatic heterocycles. The Kier molecular flexibility index (Phi) is 5.82. The summed E-state index contributed by atoms with van der Waals surface area (Å²) in [6, 6.07) is 16.9. The molecule has 0 aliphatic heterocycles. The molecule has 2 nitrogen and oxygen atoms in total. The van der Waals surface area contributed by atoms with Gasteiger partial charge in [0.25, 0.3) is 0 Å². The molecule has 1 saturated carbocycles. The Bertz CT molecular complexity index is 598. The van der Waals surface area contributed by atoms with Gasteiger partial charge >= 0.3 is 0 Å². The van der Waals surface area contributed by atoms with Crippen molar-refractivity contribution in [3.63, 3.8) is 0 Å². The lowest BCUT2D eigenvalue weighted by Gasteiger charge is -2.08. The first-order valence-electron chi connectivity index (χ1n) is 7.60. The molecular weight excluding hydrogens is 358 g/mol. The Morgan fingerprint density at radius 3 is 2.64 bits per heavy atom. The highest BCUT2D eigenvalue weighted by Crippen LogP contribution is 2.29. The number of rotatable bonds is 8. The third-order valence-corrected chi connectivity index (χ3v) is 5.07. The maximum atomic E-state index is 5.82. The fourth-order valence-corrected chi connectivity index (χ4v) is 3.14. The van der Waals surface area contributed by atoms with E-state index in [1.165, 1.54) is 28.9 Å². The maximum absolute atomic E-state index is 5.82. The van der Waals surface area contributed by atoms with Gasteiger partial charge in [0.1, 0.15) is 5.75 Å². The highest BCUT2D eigenvalue weighted by molar-refractivity contribution is 9.08. The lowest BCUT2D eigenvalue weighted by molar-refractivity contribution is 0.299. The van der Waals surface area contributed by atoms with Gasteiger partial charge in [0.05, 0.1) is 6.61 Å². The lowest BCUT2D eigenvalue weighted by Crippen LogP contribution is -2.04. The van der Waals surface area contributed by atoms with Crippen molar-refractivity contribution < 1.29 is 4.74 Å². The second-order valence-corrected chi connectivity index (χ2v) is 7.13. The second kappa shape index (κ2) is 8.04. The zero-order chi connectivity index (χ0) is 15.2. The van der Waals surface area contributed by atoms with E-state index in [1.54, 1.807) is 11.9 Å². The van der Waals surface area contributed by atoms with Crippen LogP contribution in [0.5, 0.6) is 5.75 Å². The zero-order valence-corrected chi connectivity index (χ0v) is 14.8.